The summed E-state index contributed by atoms with van der Waals surface area (Å²) in [6.07, 6.45) is 12.0. The maximum Gasteiger partial charge on any atom is -0.0327 e. The van der Waals surface area contributed by atoms with Crippen molar-refractivity contribution in [3.63, 3.8) is 0 Å². The maximum atomic E-state index is 2.52. The second-order valence-corrected chi connectivity index (χ2v) is 6.44. The molecule has 0 radical (unpaired) electrons. The molecule has 0 bridgehead atoms. The van der Waals surface area contributed by atoms with E-state index >= 15 is 0 Å². The summed E-state index contributed by atoms with van der Waals surface area (Å²) in [4.78, 5) is 0. The summed E-state index contributed by atoms with van der Waals surface area (Å²) in [5, 5.41) is 0. The third-order valence-corrected chi connectivity index (χ3v) is 5.59. The Morgan fingerprint density at radius 1 is 1.00 bits per heavy atom. The van der Waals surface area contributed by atoms with E-state index in [1.807, 2.05) is 0 Å². The molecule has 2 rings (SSSR count). The van der Waals surface area contributed by atoms with Gasteiger partial charge in [-0.1, -0.05) is 65.7 Å². The van der Waals surface area contributed by atoms with Crippen LogP contribution >= 0.6 is 0 Å². The standard InChI is InChI=1S/C16H30/c1-4-7-13-8-6-9-14-11-10-12(3)15(5-2)16(13)14/h12-16H,4-11H2,1-3H3. The Hall–Kier alpha value is 0. The SMILES string of the molecule is CCCC1CCCC2CCC(C)C(CC)C12. The second kappa shape index (κ2) is 5.56. The van der Waals surface area contributed by atoms with Gasteiger partial charge >= 0.3 is 0 Å². The van der Waals surface area contributed by atoms with E-state index in [2.05, 4.69) is 20.8 Å². The molecule has 0 aliphatic heterocycles. The molecule has 5 unspecified atom stereocenters. The van der Waals surface area contributed by atoms with E-state index < -0.39 is 0 Å². The normalized spacial score (nSPS) is 44.1. The highest BCUT2D eigenvalue weighted by molar-refractivity contribution is 4.91. The summed E-state index contributed by atoms with van der Waals surface area (Å²) in [6, 6.07) is 0. The van der Waals surface area contributed by atoms with Crippen molar-refractivity contribution in [1.29, 1.82) is 0 Å². The lowest BCUT2D eigenvalue weighted by atomic mass is 9.57. The molecule has 0 aromatic heterocycles. The predicted molar refractivity (Wildman–Crippen MR) is 71.4 cm³/mol. The quantitative estimate of drug-likeness (QED) is 0.610. The van der Waals surface area contributed by atoms with Crippen LogP contribution in [0.2, 0.25) is 0 Å². The van der Waals surface area contributed by atoms with Gasteiger partial charge in [0.15, 0.2) is 0 Å². The molecular formula is C16H30. The van der Waals surface area contributed by atoms with Crippen molar-refractivity contribution in [3.8, 4) is 0 Å². The predicted octanol–water partition coefficient (Wildman–Crippen LogP) is 5.28. The topological polar surface area (TPSA) is 0 Å². The van der Waals surface area contributed by atoms with Gasteiger partial charge in [-0.05, 0) is 36.0 Å². The van der Waals surface area contributed by atoms with Crippen molar-refractivity contribution < 1.29 is 0 Å². The molecule has 0 amide bonds. The van der Waals surface area contributed by atoms with Crippen molar-refractivity contribution in [2.45, 2.75) is 72.1 Å². The smallest absolute Gasteiger partial charge is 0.0327 e. The molecule has 0 nitrogen and oxygen atoms in total. The average Bonchev–Trinajstić information content (AvgIpc) is 2.30. The number of fused-ring (bicyclic) bond motifs is 1. The zero-order valence-electron chi connectivity index (χ0n) is 11.5. The van der Waals surface area contributed by atoms with Crippen LogP contribution in [-0.4, -0.2) is 0 Å². The van der Waals surface area contributed by atoms with Crippen LogP contribution in [0.4, 0.5) is 0 Å². The molecule has 2 fully saturated rings. The van der Waals surface area contributed by atoms with Crippen molar-refractivity contribution in [2.24, 2.45) is 29.6 Å². The molecule has 2 aliphatic carbocycles. The molecule has 94 valence electrons. The van der Waals surface area contributed by atoms with Gasteiger partial charge in [-0.2, -0.15) is 0 Å². The Bertz CT molecular complexity index is 206. The van der Waals surface area contributed by atoms with E-state index in [1.54, 1.807) is 12.8 Å². The highest BCUT2D eigenvalue weighted by atomic mass is 14.5. The lowest BCUT2D eigenvalue weighted by Crippen LogP contribution is -2.40. The molecule has 5 atom stereocenters. The molecule has 0 heteroatoms. The first-order valence-electron chi connectivity index (χ1n) is 7.77. The van der Waals surface area contributed by atoms with Gasteiger partial charge in [0.2, 0.25) is 0 Å². The Morgan fingerprint density at radius 2 is 1.81 bits per heavy atom. The maximum absolute atomic E-state index is 2.52. The van der Waals surface area contributed by atoms with Crippen molar-refractivity contribution in [1.82, 2.24) is 0 Å². The van der Waals surface area contributed by atoms with E-state index in [1.165, 1.54) is 38.5 Å². The lowest BCUT2D eigenvalue weighted by molar-refractivity contribution is 0.00995. The van der Waals surface area contributed by atoms with E-state index in [-0.39, 0.29) is 0 Å². The van der Waals surface area contributed by atoms with E-state index in [0.717, 1.165) is 29.6 Å². The molecule has 2 aliphatic rings. The van der Waals surface area contributed by atoms with Crippen LogP contribution in [0.3, 0.4) is 0 Å². The lowest BCUT2D eigenvalue weighted by Gasteiger charge is -2.49. The Morgan fingerprint density at radius 3 is 2.50 bits per heavy atom. The average molecular weight is 222 g/mol. The van der Waals surface area contributed by atoms with Gasteiger partial charge in [0.1, 0.15) is 0 Å². The van der Waals surface area contributed by atoms with Gasteiger partial charge in [0.25, 0.3) is 0 Å². The fraction of sp³-hybridized carbons (Fsp3) is 1.00. The molecule has 0 aromatic carbocycles. The fourth-order valence-corrected chi connectivity index (χ4v) is 4.90. The molecule has 0 heterocycles. The first kappa shape index (κ1) is 12.5. The third-order valence-electron chi connectivity index (χ3n) is 5.59. The van der Waals surface area contributed by atoms with Gasteiger partial charge in [-0.15, -0.1) is 0 Å². The van der Waals surface area contributed by atoms with Crippen molar-refractivity contribution in [3.05, 3.63) is 0 Å². The molecular weight excluding hydrogens is 192 g/mol. The summed E-state index contributed by atoms with van der Waals surface area (Å²) in [7, 11) is 0. The van der Waals surface area contributed by atoms with Gasteiger partial charge in [-0.3, -0.25) is 0 Å². The van der Waals surface area contributed by atoms with E-state index in [4.69, 9.17) is 0 Å². The fourth-order valence-electron chi connectivity index (χ4n) is 4.90. The Balaban J connectivity index is 2.10. The van der Waals surface area contributed by atoms with E-state index in [0.29, 0.717) is 0 Å². The highest BCUT2D eigenvalue weighted by Gasteiger charge is 2.41. The van der Waals surface area contributed by atoms with Crippen LogP contribution in [0.1, 0.15) is 72.1 Å². The number of hydrogen-bond donors (Lipinski definition) is 0. The number of hydrogen-bond acceptors (Lipinski definition) is 0. The number of rotatable bonds is 3. The highest BCUT2D eigenvalue weighted by Crippen LogP contribution is 2.51. The molecule has 0 spiro atoms. The van der Waals surface area contributed by atoms with Crippen LogP contribution in [0.15, 0.2) is 0 Å². The first-order chi connectivity index (χ1) is 7.77. The molecule has 0 saturated heterocycles. The van der Waals surface area contributed by atoms with Gasteiger partial charge < -0.3 is 0 Å². The monoisotopic (exact) mass is 222 g/mol. The first-order valence-corrected chi connectivity index (χ1v) is 7.77. The zero-order valence-corrected chi connectivity index (χ0v) is 11.5. The summed E-state index contributed by atoms with van der Waals surface area (Å²) < 4.78 is 0. The van der Waals surface area contributed by atoms with Crippen molar-refractivity contribution >= 4 is 0 Å². The zero-order chi connectivity index (χ0) is 11.5. The van der Waals surface area contributed by atoms with Crippen molar-refractivity contribution in [2.75, 3.05) is 0 Å². The molecule has 0 aromatic rings. The summed E-state index contributed by atoms with van der Waals surface area (Å²) in [6.45, 7) is 7.32. The summed E-state index contributed by atoms with van der Waals surface area (Å²) in [5.41, 5.74) is 0. The summed E-state index contributed by atoms with van der Waals surface area (Å²) in [5.74, 6) is 5.34. The van der Waals surface area contributed by atoms with Gasteiger partial charge in [0, 0.05) is 0 Å². The van der Waals surface area contributed by atoms with Crippen LogP contribution in [0, 0.1) is 29.6 Å². The van der Waals surface area contributed by atoms with Gasteiger partial charge in [0.05, 0.1) is 0 Å². The van der Waals surface area contributed by atoms with Crippen LogP contribution in [-0.2, 0) is 0 Å². The molecule has 16 heavy (non-hydrogen) atoms. The largest absolute Gasteiger partial charge is 0.0654 e. The van der Waals surface area contributed by atoms with E-state index in [9.17, 15) is 0 Å². The van der Waals surface area contributed by atoms with Crippen LogP contribution < -0.4 is 0 Å². The minimum atomic E-state index is 1.00. The Kier molecular flexibility index (Phi) is 4.33. The molecule has 2 saturated carbocycles. The van der Waals surface area contributed by atoms with Gasteiger partial charge in [-0.25, -0.2) is 0 Å². The Labute approximate surface area is 102 Å². The second-order valence-electron chi connectivity index (χ2n) is 6.44. The molecule has 0 N–H and O–H groups in total. The minimum absolute atomic E-state index is 1.00. The third kappa shape index (κ3) is 2.31. The van der Waals surface area contributed by atoms with Crippen LogP contribution in [0.25, 0.3) is 0 Å². The summed E-state index contributed by atoms with van der Waals surface area (Å²) >= 11 is 0. The minimum Gasteiger partial charge on any atom is -0.0654 e. The van der Waals surface area contributed by atoms with Crippen LogP contribution in [0.5, 0.6) is 0 Å².